The van der Waals surface area contributed by atoms with Crippen molar-refractivity contribution in [2.24, 2.45) is 0 Å². The average Bonchev–Trinajstić information content (AvgIpc) is 2.09. The predicted molar refractivity (Wildman–Crippen MR) is 33.0 cm³/mol. The maximum atomic E-state index is 10.8. The molecule has 1 rings (SSSR count). The van der Waals surface area contributed by atoms with Gasteiger partial charge in [0, 0.05) is 0 Å². The molecule has 4 nitrogen and oxygen atoms in total. The van der Waals surface area contributed by atoms with Gasteiger partial charge in [-0.15, -0.1) is 0 Å². The quantitative estimate of drug-likeness (QED) is 0.471. The Kier molecular flexibility index (Phi) is 1.48. The number of imide groups is 1. The van der Waals surface area contributed by atoms with E-state index in [4.69, 9.17) is 0 Å². The minimum atomic E-state index is -1.43. The van der Waals surface area contributed by atoms with E-state index in [0.29, 0.717) is 0 Å². The summed E-state index contributed by atoms with van der Waals surface area (Å²) in [6.07, 6.45) is 0.187. The Labute approximate surface area is 58.2 Å². The Hall–Kier alpha value is -0.900. The van der Waals surface area contributed by atoms with Crippen LogP contribution in [-0.4, -0.2) is 22.5 Å². The highest BCUT2D eigenvalue weighted by atomic mass is 16.3. The molecule has 0 aromatic carbocycles. The molecule has 1 saturated heterocycles. The predicted octanol–water partition coefficient (Wildman–Crippen LogP) is -0.826. The van der Waals surface area contributed by atoms with E-state index in [1.165, 1.54) is 0 Å². The summed E-state index contributed by atoms with van der Waals surface area (Å²) in [5.74, 6) is -0.964. The second-order valence-electron chi connectivity index (χ2n) is 2.44. The number of nitrogens with one attached hydrogen (secondary N) is 1. The van der Waals surface area contributed by atoms with Gasteiger partial charge in [0.1, 0.15) is 0 Å². The number of aliphatic hydroxyl groups is 1. The molecule has 2 N–H and O–H groups in total. The van der Waals surface area contributed by atoms with E-state index in [1.807, 2.05) is 5.32 Å². The van der Waals surface area contributed by atoms with Crippen LogP contribution in [0.4, 0.5) is 0 Å². The summed E-state index contributed by atoms with van der Waals surface area (Å²) < 4.78 is 0. The topological polar surface area (TPSA) is 66.4 Å². The second kappa shape index (κ2) is 2.05. The first-order valence-corrected chi connectivity index (χ1v) is 3.15. The highest BCUT2D eigenvalue weighted by Crippen LogP contribution is 2.19. The summed E-state index contributed by atoms with van der Waals surface area (Å²) in [5.41, 5.74) is -1.43. The van der Waals surface area contributed by atoms with E-state index in [9.17, 15) is 14.7 Å². The number of carbonyl (C=O) groups excluding carboxylic acids is 2. The molecule has 0 bridgehead atoms. The number of rotatable bonds is 1. The van der Waals surface area contributed by atoms with Crippen molar-refractivity contribution in [3.8, 4) is 0 Å². The van der Waals surface area contributed by atoms with Crippen LogP contribution in [0.25, 0.3) is 0 Å². The fourth-order valence-electron chi connectivity index (χ4n) is 0.919. The van der Waals surface area contributed by atoms with Gasteiger partial charge in [0.25, 0.3) is 5.91 Å². The van der Waals surface area contributed by atoms with E-state index in [2.05, 4.69) is 0 Å². The maximum absolute atomic E-state index is 10.8. The lowest BCUT2D eigenvalue weighted by atomic mass is 9.99. The fourth-order valence-corrected chi connectivity index (χ4v) is 0.919. The van der Waals surface area contributed by atoms with Gasteiger partial charge in [-0.1, -0.05) is 6.92 Å². The molecule has 0 saturated carbocycles. The summed E-state index contributed by atoms with van der Waals surface area (Å²) in [6, 6.07) is 0. The normalized spacial score (nSPS) is 32.6. The lowest BCUT2D eigenvalue weighted by molar-refractivity contribution is -0.135. The molecule has 0 aromatic rings. The van der Waals surface area contributed by atoms with Gasteiger partial charge in [0.2, 0.25) is 5.91 Å². The smallest absolute Gasteiger partial charge is 0.259 e. The Morgan fingerprint density at radius 1 is 1.70 bits per heavy atom. The van der Waals surface area contributed by atoms with Gasteiger partial charge in [-0.25, -0.2) is 0 Å². The summed E-state index contributed by atoms with van der Waals surface area (Å²) in [7, 11) is 0. The van der Waals surface area contributed by atoms with Gasteiger partial charge >= 0.3 is 0 Å². The van der Waals surface area contributed by atoms with Crippen molar-refractivity contribution >= 4 is 11.8 Å². The zero-order chi connectivity index (χ0) is 7.78. The second-order valence-corrected chi connectivity index (χ2v) is 2.44. The van der Waals surface area contributed by atoms with Crippen LogP contribution in [0.15, 0.2) is 0 Å². The molecule has 2 amide bonds. The molecule has 1 aliphatic heterocycles. The zero-order valence-corrected chi connectivity index (χ0v) is 5.68. The van der Waals surface area contributed by atoms with Crippen LogP contribution in [0, 0.1) is 0 Å². The van der Waals surface area contributed by atoms with Crippen molar-refractivity contribution < 1.29 is 14.7 Å². The van der Waals surface area contributed by atoms with E-state index >= 15 is 0 Å². The maximum Gasteiger partial charge on any atom is 0.259 e. The fraction of sp³-hybridized carbons (Fsp3) is 0.667. The monoisotopic (exact) mass is 143 g/mol. The standard InChI is InChI=1S/C6H9NO3/c1-2-6(10)3-4(8)7-5(6)9/h10H,2-3H2,1H3,(H,7,8,9). The lowest BCUT2D eigenvalue weighted by Crippen LogP contribution is -2.36. The highest BCUT2D eigenvalue weighted by Gasteiger charge is 2.43. The molecule has 1 atom stereocenters. The van der Waals surface area contributed by atoms with Gasteiger partial charge in [-0.05, 0) is 6.42 Å². The number of carbonyl (C=O) groups is 2. The third-order valence-corrected chi connectivity index (χ3v) is 1.71. The first-order valence-electron chi connectivity index (χ1n) is 3.15. The average molecular weight is 143 g/mol. The van der Waals surface area contributed by atoms with Crippen LogP contribution in [0.2, 0.25) is 0 Å². The first-order chi connectivity index (χ1) is 4.58. The summed E-state index contributed by atoms with van der Waals surface area (Å²) in [4.78, 5) is 21.3. The molecule has 0 radical (unpaired) electrons. The van der Waals surface area contributed by atoms with Crippen LogP contribution in [0.5, 0.6) is 0 Å². The lowest BCUT2D eigenvalue weighted by Gasteiger charge is -2.13. The van der Waals surface area contributed by atoms with E-state index in [1.54, 1.807) is 6.92 Å². The van der Waals surface area contributed by atoms with Gasteiger partial charge in [0.05, 0.1) is 6.42 Å². The highest BCUT2D eigenvalue weighted by molar-refractivity contribution is 6.07. The summed E-state index contributed by atoms with van der Waals surface area (Å²) in [6.45, 7) is 1.66. The van der Waals surface area contributed by atoms with Gasteiger partial charge in [0.15, 0.2) is 5.60 Å². The summed E-state index contributed by atoms with van der Waals surface area (Å²) >= 11 is 0. The van der Waals surface area contributed by atoms with Gasteiger partial charge in [-0.2, -0.15) is 0 Å². The van der Waals surface area contributed by atoms with Crippen LogP contribution >= 0.6 is 0 Å². The van der Waals surface area contributed by atoms with Crippen molar-refractivity contribution in [3.63, 3.8) is 0 Å². The molecule has 0 aliphatic carbocycles. The van der Waals surface area contributed by atoms with Crippen molar-refractivity contribution in [1.29, 1.82) is 0 Å². The number of hydrogen-bond donors (Lipinski definition) is 2. The number of amides is 2. The van der Waals surface area contributed by atoms with Crippen LogP contribution < -0.4 is 5.32 Å². The van der Waals surface area contributed by atoms with Crippen molar-refractivity contribution in [2.75, 3.05) is 0 Å². The molecular formula is C6H9NO3. The minimum absolute atomic E-state index is 0.0949. The molecular weight excluding hydrogens is 134 g/mol. The molecule has 1 unspecified atom stereocenters. The van der Waals surface area contributed by atoms with E-state index in [0.717, 1.165) is 0 Å². The van der Waals surface area contributed by atoms with Crippen LogP contribution in [-0.2, 0) is 9.59 Å². The zero-order valence-electron chi connectivity index (χ0n) is 5.68. The van der Waals surface area contributed by atoms with E-state index < -0.39 is 17.4 Å². The van der Waals surface area contributed by atoms with Crippen LogP contribution in [0.3, 0.4) is 0 Å². The van der Waals surface area contributed by atoms with Gasteiger partial charge in [-0.3, -0.25) is 14.9 Å². The Bertz CT molecular complexity index is 189. The molecule has 1 heterocycles. The largest absolute Gasteiger partial charge is 0.379 e. The molecule has 0 aromatic heterocycles. The Morgan fingerprint density at radius 3 is 2.50 bits per heavy atom. The molecule has 1 fully saturated rings. The molecule has 0 spiro atoms. The van der Waals surface area contributed by atoms with Gasteiger partial charge < -0.3 is 5.11 Å². The van der Waals surface area contributed by atoms with Crippen LogP contribution in [0.1, 0.15) is 19.8 Å². The number of hydrogen-bond acceptors (Lipinski definition) is 3. The van der Waals surface area contributed by atoms with Crippen molar-refractivity contribution in [2.45, 2.75) is 25.4 Å². The molecule has 1 aliphatic rings. The molecule has 4 heteroatoms. The molecule has 56 valence electrons. The minimum Gasteiger partial charge on any atom is -0.379 e. The van der Waals surface area contributed by atoms with Crippen molar-refractivity contribution in [3.05, 3.63) is 0 Å². The van der Waals surface area contributed by atoms with Crippen molar-refractivity contribution in [1.82, 2.24) is 5.32 Å². The third kappa shape index (κ3) is 0.903. The van der Waals surface area contributed by atoms with E-state index in [-0.39, 0.29) is 12.8 Å². The first kappa shape index (κ1) is 7.21. The summed E-state index contributed by atoms with van der Waals surface area (Å²) in [5, 5.41) is 11.3. The Morgan fingerprint density at radius 2 is 2.30 bits per heavy atom. The third-order valence-electron chi connectivity index (χ3n) is 1.71. The SMILES string of the molecule is CCC1(O)CC(=O)NC1=O. The molecule has 10 heavy (non-hydrogen) atoms. The Balaban J connectivity index is 2.80.